The van der Waals surface area contributed by atoms with Crippen LogP contribution in [0.15, 0.2) is 15.8 Å². The van der Waals surface area contributed by atoms with Gasteiger partial charge in [0.1, 0.15) is 17.5 Å². The van der Waals surface area contributed by atoms with E-state index in [-0.39, 0.29) is 5.56 Å². The molecule has 3 unspecified atom stereocenters. The highest BCUT2D eigenvalue weighted by atomic mass is 31.3. The van der Waals surface area contributed by atoms with Crippen molar-refractivity contribution in [1.82, 2.24) is 9.55 Å². The Kier molecular flexibility index (Phi) is 7.11. The van der Waals surface area contributed by atoms with Crippen LogP contribution in [0.4, 0.5) is 4.39 Å². The van der Waals surface area contributed by atoms with Crippen LogP contribution < -0.4 is 21.0 Å². The molecule has 1 aliphatic heterocycles. The van der Waals surface area contributed by atoms with Crippen LogP contribution in [0.1, 0.15) is 25.8 Å². The highest BCUT2D eigenvalue weighted by Gasteiger charge is 2.54. The first-order valence-electron chi connectivity index (χ1n) is 8.20. The molecule has 1 fully saturated rings. The second kappa shape index (κ2) is 8.40. The minimum absolute atomic E-state index is 0.110. The van der Waals surface area contributed by atoms with Crippen molar-refractivity contribution in [3.8, 4) is 0 Å². The van der Waals surface area contributed by atoms with Gasteiger partial charge in [0.05, 0.1) is 6.61 Å². The average Bonchev–Trinajstić information content (AvgIpc) is 2.76. The molecule has 19 heteroatoms. The Bertz CT molecular complexity index is 1110. The molecule has 3 N–H and O–H groups in total. The number of halogens is 1. The number of hydrogen-bond donors (Lipinski definition) is 3. The van der Waals surface area contributed by atoms with Crippen molar-refractivity contribution in [3.63, 3.8) is 0 Å². The lowest BCUT2D eigenvalue weighted by molar-refractivity contribution is -0.245. The Morgan fingerprint density at radius 2 is 1.84 bits per heavy atom. The minimum atomic E-state index is -6.05. The number of alkyl halides is 1. The van der Waals surface area contributed by atoms with Crippen molar-refractivity contribution in [1.29, 1.82) is 0 Å². The van der Waals surface area contributed by atoms with Crippen LogP contribution in [0.25, 0.3) is 0 Å². The molecule has 1 aliphatic rings. The molecule has 1 aromatic rings. The van der Waals surface area contributed by atoms with E-state index >= 15 is 0 Å². The summed E-state index contributed by atoms with van der Waals surface area (Å²) in [7, 11) is -17.5. The summed E-state index contributed by atoms with van der Waals surface area (Å²) < 4.78 is 65.7. The fraction of sp³-hybridized carbons (Fsp3) is 0.667. The van der Waals surface area contributed by atoms with E-state index in [4.69, 9.17) is 14.5 Å². The van der Waals surface area contributed by atoms with Gasteiger partial charge in [0.15, 0.2) is 0 Å². The third-order valence-electron chi connectivity index (χ3n) is 4.22. The molecule has 178 valence electrons. The molecule has 1 saturated heterocycles. The standard InChI is InChI=1S/C12H20FN2O13P3/c1-7-5-15(10(17)14-9(7)16)12(3)4-8(13)11(2,26-12)6-25-30(21,22)28-31(23,24)27-29(18,19)20/h5,8H,4,6H2,1-3H3,(H,21,22)(H,23,24)(H,14,16,17)(H2,18,19,20)/p-2/t8?,11-,12-/m1/s1. The number of H-pyrrole nitrogens is 1. The van der Waals surface area contributed by atoms with E-state index < -0.39 is 65.2 Å². The molecular weight excluding hydrogens is 492 g/mol. The van der Waals surface area contributed by atoms with E-state index in [1.54, 1.807) is 0 Å². The van der Waals surface area contributed by atoms with Gasteiger partial charge in [-0.1, -0.05) is 0 Å². The lowest BCUT2D eigenvalue weighted by atomic mass is 10.00. The van der Waals surface area contributed by atoms with E-state index in [1.165, 1.54) is 13.8 Å². The van der Waals surface area contributed by atoms with Crippen LogP contribution in [0.3, 0.4) is 0 Å². The van der Waals surface area contributed by atoms with Gasteiger partial charge in [-0.15, -0.1) is 0 Å². The number of nitrogens with one attached hydrogen (secondary N) is 1. The SMILES string of the molecule is Cc1cn([C@@]2(C)CC(F)[C@@](C)(COP(=O)([O-])OP(=O)([O-])OP(=O)(O)O)O2)c(=O)[nH]c1=O. The molecule has 0 aliphatic carbocycles. The van der Waals surface area contributed by atoms with Crippen molar-refractivity contribution in [2.24, 2.45) is 0 Å². The molecule has 0 aromatic carbocycles. The summed E-state index contributed by atoms with van der Waals surface area (Å²) in [6, 6.07) is 0. The number of phosphoric acid groups is 3. The normalized spacial score (nSPS) is 30.6. The minimum Gasteiger partial charge on any atom is -0.756 e. The third-order valence-corrected chi connectivity index (χ3v) is 7.92. The van der Waals surface area contributed by atoms with Crippen molar-refractivity contribution in [3.05, 3.63) is 32.6 Å². The first-order valence-corrected chi connectivity index (χ1v) is 12.6. The van der Waals surface area contributed by atoms with E-state index in [1.807, 2.05) is 4.98 Å². The topological polar surface area (TPSA) is 230 Å². The second-order valence-electron chi connectivity index (χ2n) is 7.02. The van der Waals surface area contributed by atoms with Gasteiger partial charge < -0.3 is 28.8 Å². The second-order valence-corrected chi connectivity index (χ2v) is 11.4. The molecule has 0 spiro atoms. The quantitative estimate of drug-likeness (QED) is 0.361. The van der Waals surface area contributed by atoms with Crippen LogP contribution in [-0.4, -0.2) is 37.7 Å². The zero-order valence-corrected chi connectivity index (χ0v) is 18.8. The van der Waals surface area contributed by atoms with Gasteiger partial charge >= 0.3 is 13.5 Å². The molecule has 5 atom stereocenters. The zero-order chi connectivity index (χ0) is 24.0. The Morgan fingerprint density at radius 3 is 2.39 bits per heavy atom. The maximum absolute atomic E-state index is 14.7. The monoisotopic (exact) mass is 510 g/mol. The molecule has 0 radical (unpaired) electrons. The fourth-order valence-electron chi connectivity index (χ4n) is 2.84. The molecule has 0 amide bonds. The molecule has 0 bridgehead atoms. The zero-order valence-electron chi connectivity index (χ0n) is 16.1. The first kappa shape index (κ1) is 26.2. The first-order chi connectivity index (χ1) is 13.8. The Hall–Kier alpha value is -1.02. The maximum Gasteiger partial charge on any atom is 0.476 e. The summed E-state index contributed by atoms with van der Waals surface area (Å²) >= 11 is 0. The highest BCUT2D eigenvalue weighted by Crippen LogP contribution is 2.62. The molecule has 31 heavy (non-hydrogen) atoms. The van der Waals surface area contributed by atoms with Crippen LogP contribution in [0, 0.1) is 6.92 Å². The van der Waals surface area contributed by atoms with Gasteiger partial charge in [0.2, 0.25) is 0 Å². The third kappa shape index (κ3) is 6.50. The van der Waals surface area contributed by atoms with Gasteiger partial charge in [0.25, 0.3) is 21.2 Å². The van der Waals surface area contributed by atoms with Gasteiger partial charge in [-0.3, -0.25) is 23.5 Å². The van der Waals surface area contributed by atoms with Crippen molar-refractivity contribution < 1.29 is 55.5 Å². The molecule has 15 nitrogen and oxygen atoms in total. The van der Waals surface area contributed by atoms with E-state index in [2.05, 4.69) is 13.1 Å². The molecule has 2 heterocycles. The predicted octanol–water partition coefficient (Wildman–Crippen LogP) is -0.886. The number of hydrogen-bond acceptors (Lipinski definition) is 11. The largest absolute Gasteiger partial charge is 0.756 e. The van der Waals surface area contributed by atoms with Gasteiger partial charge in [-0.25, -0.2) is 22.4 Å². The van der Waals surface area contributed by atoms with Crippen molar-refractivity contribution in [2.45, 2.75) is 44.7 Å². The van der Waals surface area contributed by atoms with Gasteiger partial charge in [0, 0.05) is 18.2 Å². The molecule has 0 saturated carbocycles. The molecule has 1 aromatic heterocycles. The lowest BCUT2D eigenvalue weighted by Gasteiger charge is -2.35. The summed E-state index contributed by atoms with van der Waals surface area (Å²) in [6.07, 6.45) is -1.30. The summed E-state index contributed by atoms with van der Waals surface area (Å²) in [5, 5.41) is 0. The highest BCUT2D eigenvalue weighted by molar-refractivity contribution is 7.65. The van der Waals surface area contributed by atoms with E-state index in [9.17, 15) is 37.5 Å². The molecule has 2 rings (SSSR count). The summed E-state index contributed by atoms with van der Waals surface area (Å²) in [4.78, 5) is 65.5. The number of aromatic nitrogens is 2. The van der Waals surface area contributed by atoms with Crippen LogP contribution in [-0.2, 0) is 37.3 Å². The van der Waals surface area contributed by atoms with Crippen LogP contribution in [0.5, 0.6) is 0 Å². The smallest absolute Gasteiger partial charge is 0.476 e. The Labute approximate surface area is 173 Å². The number of nitrogens with zero attached hydrogens (tertiary/aromatic N) is 1. The van der Waals surface area contributed by atoms with E-state index in [0.717, 1.165) is 17.7 Å². The summed E-state index contributed by atoms with van der Waals surface area (Å²) in [6.45, 7) is 2.60. The number of rotatable bonds is 8. The summed E-state index contributed by atoms with van der Waals surface area (Å²) in [5.74, 6) is 0. The fourth-order valence-corrected chi connectivity index (χ4v) is 5.85. The predicted molar refractivity (Wildman–Crippen MR) is 94.1 cm³/mol. The Morgan fingerprint density at radius 1 is 1.26 bits per heavy atom. The average molecular weight is 510 g/mol. The Balaban J connectivity index is 2.19. The van der Waals surface area contributed by atoms with Crippen LogP contribution in [0.2, 0.25) is 0 Å². The maximum atomic E-state index is 14.7. The van der Waals surface area contributed by atoms with E-state index in [0.29, 0.717) is 0 Å². The van der Waals surface area contributed by atoms with Gasteiger partial charge in [-0.2, -0.15) is 0 Å². The lowest BCUT2D eigenvalue weighted by Crippen LogP contribution is -2.45. The van der Waals surface area contributed by atoms with Crippen molar-refractivity contribution >= 4 is 23.5 Å². The number of aryl methyl sites for hydroxylation is 1. The molecular formula is C12H18FN2O13P3-2. The number of phosphoric ester groups is 1. The summed E-state index contributed by atoms with van der Waals surface area (Å²) in [5.41, 5.74) is -5.21. The van der Waals surface area contributed by atoms with Crippen molar-refractivity contribution in [2.75, 3.05) is 6.61 Å². The number of aromatic amines is 1. The van der Waals surface area contributed by atoms with Crippen LogP contribution >= 0.6 is 23.5 Å². The van der Waals surface area contributed by atoms with Gasteiger partial charge in [-0.05, 0) is 20.8 Å². The number of ether oxygens (including phenoxy) is 1.